The Morgan fingerprint density at radius 2 is 1.67 bits per heavy atom. The molecule has 15 heavy (non-hydrogen) atoms. The maximum absolute atomic E-state index is 11.0. The molecule has 1 aliphatic carbocycles. The molecule has 1 rings (SSSR count). The molecule has 0 aromatic heterocycles. The Hall–Kier alpha value is -1.59. The second-order valence-electron chi connectivity index (χ2n) is 3.96. The van der Waals surface area contributed by atoms with E-state index in [1.165, 1.54) is 6.92 Å². The van der Waals surface area contributed by atoms with Crippen LogP contribution in [0.3, 0.4) is 0 Å². The van der Waals surface area contributed by atoms with Gasteiger partial charge >= 0.3 is 17.9 Å². The largest absolute Gasteiger partial charge is 0.481 e. The molecule has 6 nitrogen and oxygen atoms in total. The van der Waals surface area contributed by atoms with Gasteiger partial charge < -0.3 is 15.3 Å². The van der Waals surface area contributed by atoms with Crippen molar-refractivity contribution >= 4 is 17.9 Å². The van der Waals surface area contributed by atoms with Crippen LogP contribution in [0.4, 0.5) is 0 Å². The Morgan fingerprint density at radius 3 is 1.93 bits per heavy atom. The van der Waals surface area contributed by atoms with Crippen LogP contribution in [0.25, 0.3) is 0 Å². The lowest BCUT2D eigenvalue weighted by Gasteiger charge is -2.44. The van der Waals surface area contributed by atoms with Gasteiger partial charge in [-0.25, -0.2) is 0 Å². The van der Waals surface area contributed by atoms with E-state index < -0.39 is 35.2 Å². The first-order chi connectivity index (χ1) is 6.81. The average Bonchev–Trinajstić information content (AvgIpc) is 2.00. The van der Waals surface area contributed by atoms with E-state index in [9.17, 15) is 14.4 Å². The minimum absolute atomic E-state index is 0.106. The molecular weight excluding hydrogens is 204 g/mol. The van der Waals surface area contributed by atoms with Gasteiger partial charge in [0.25, 0.3) is 0 Å². The summed E-state index contributed by atoms with van der Waals surface area (Å²) in [4.78, 5) is 32.2. The number of rotatable bonds is 4. The summed E-state index contributed by atoms with van der Waals surface area (Å²) >= 11 is 0. The fourth-order valence-corrected chi connectivity index (χ4v) is 1.94. The average molecular weight is 216 g/mol. The molecule has 0 bridgehead atoms. The van der Waals surface area contributed by atoms with E-state index in [1.54, 1.807) is 0 Å². The van der Waals surface area contributed by atoms with Crippen LogP contribution in [0, 0.1) is 17.3 Å². The van der Waals surface area contributed by atoms with Gasteiger partial charge in [0.15, 0.2) is 0 Å². The van der Waals surface area contributed by atoms with Crippen molar-refractivity contribution in [1.29, 1.82) is 0 Å². The second kappa shape index (κ2) is 3.52. The van der Waals surface area contributed by atoms with Gasteiger partial charge in [0.1, 0.15) is 0 Å². The zero-order valence-corrected chi connectivity index (χ0v) is 8.14. The highest BCUT2D eigenvalue weighted by molar-refractivity contribution is 5.86. The lowest BCUT2D eigenvalue weighted by atomic mass is 9.56. The van der Waals surface area contributed by atoms with Crippen LogP contribution in [0.1, 0.15) is 19.8 Å². The molecule has 0 aromatic rings. The number of carbonyl (C=O) groups is 3. The molecule has 0 radical (unpaired) electrons. The summed E-state index contributed by atoms with van der Waals surface area (Å²) in [5, 5.41) is 26.3. The molecular formula is C9H12O6. The summed E-state index contributed by atoms with van der Waals surface area (Å²) in [5.41, 5.74) is -1.41. The molecule has 0 aliphatic heterocycles. The van der Waals surface area contributed by atoms with Crippen LogP contribution < -0.4 is 0 Å². The number of carboxylic acids is 3. The number of hydrogen-bond acceptors (Lipinski definition) is 3. The highest BCUT2D eigenvalue weighted by Gasteiger charge is 2.58. The quantitative estimate of drug-likeness (QED) is 0.621. The summed E-state index contributed by atoms with van der Waals surface area (Å²) in [5.74, 6) is -5.30. The van der Waals surface area contributed by atoms with Crippen molar-refractivity contribution in [2.45, 2.75) is 19.8 Å². The standard InChI is InChI=1S/C9H12O6/c1-4(6(10)11)9(8(14)15)2-5(3-9)7(12)13/h4-5H,2-3H2,1H3,(H,10,11)(H,12,13)(H,14,15)/t4-,5?,9?/m0/s1. The molecule has 0 aromatic carbocycles. The van der Waals surface area contributed by atoms with Crippen LogP contribution in [-0.4, -0.2) is 33.2 Å². The van der Waals surface area contributed by atoms with Crippen molar-refractivity contribution in [3.05, 3.63) is 0 Å². The van der Waals surface area contributed by atoms with Crippen molar-refractivity contribution in [3.63, 3.8) is 0 Å². The molecule has 0 heterocycles. The first-order valence-corrected chi connectivity index (χ1v) is 4.50. The zero-order valence-electron chi connectivity index (χ0n) is 8.14. The maximum Gasteiger partial charge on any atom is 0.310 e. The van der Waals surface area contributed by atoms with Crippen LogP contribution in [-0.2, 0) is 14.4 Å². The van der Waals surface area contributed by atoms with E-state index in [4.69, 9.17) is 15.3 Å². The molecule has 0 spiro atoms. The van der Waals surface area contributed by atoms with E-state index >= 15 is 0 Å². The van der Waals surface area contributed by atoms with Gasteiger partial charge in [-0.3, -0.25) is 14.4 Å². The molecule has 84 valence electrons. The number of aliphatic carboxylic acids is 3. The molecule has 1 saturated carbocycles. The van der Waals surface area contributed by atoms with Crippen molar-refractivity contribution < 1.29 is 29.7 Å². The smallest absolute Gasteiger partial charge is 0.310 e. The zero-order chi connectivity index (χ0) is 11.8. The minimum Gasteiger partial charge on any atom is -0.481 e. The number of carboxylic acid groups (broad SMARTS) is 3. The topological polar surface area (TPSA) is 112 Å². The van der Waals surface area contributed by atoms with Crippen molar-refractivity contribution in [2.75, 3.05) is 0 Å². The van der Waals surface area contributed by atoms with Gasteiger partial charge in [-0.05, 0) is 12.8 Å². The van der Waals surface area contributed by atoms with Crippen LogP contribution in [0.2, 0.25) is 0 Å². The second-order valence-corrected chi connectivity index (χ2v) is 3.96. The van der Waals surface area contributed by atoms with E-state index in [0.29, 0.717) is 0 Å². The Labute approximate surface area is 85.5 Å². The molecule has 3 N–H and O–H groups in total. The van der Waals surface area contributed by atoms with Crippen molar-refractivity contribution in [1.82, 2.24) is 0 Å². The first kappa shape index (κ1) is 11.5. The highest BCUT2D eigenvalue weighted by atomic mass is 16.4. The highest BCUT2D eigenvalue weighted by Crippen LogP contribution is 2.51. The van der Waals surface area contributed by atoms with Gasteiger partial charge in [0.05, 0.1) is 17.3 Å². The molecule has 6 heteroatoms. The maximum atomic E-state index is 11.0. The molecule has 0 amide bonds. The Kier molecular flexibility index (Phi) is 2.70. The predicted octanol–water partition coefficient (Wildman–Crippen LogP) is 0.273. The van der Waals surface area contributed by atoms with Gasteiger partial charge in [-0.1, -0.05) is 6.92 Å². The van der Waals surface area contributed by atoms with Gasteiger partial charge in [0, 0.05) is 0 Å². The fraction of sp³-hybridized carbons (Fsp3) is 0.667. The minimum atomic E-state index is -1.41. The molecule has 0 saturated heterocycles. The third-order valence-corrected chi connectivity index (χ3v) is 3.20. The Bertz CT molecular complexity index is 315. The van der Waals surface area contributed by atoms with E-state index in [2.05, 4.69) is 0 Å². The van der Waals surface area contributed by atoms with Gasteiger partial charge in [0.2, 0.25) is 0 Å². The summed E-state index contributed by atoms with van der Waals surface area (Å²) in [6.45, 7) is 1.30. The van der Waals surface area contributed by atoms with Crippen molar-refractivity contribution in [3.8, 4) is 0 Å². The monoisotopic (exact) mass is 216 g/mol. The van der Waals surface area contributed by atoms with Crippen LogP contribution in [0.15, 0.2) is 0 Å². The lowest BCUT2D eigenvalue weighted by Crippen LogP contribution is -2.52. The summed E-state index contributed by atoms with van der Waals surface area (Å²) in [6, 6.07) is 0. The summed E-state index contributed by atoms with van der Waals surface area (Å²) in [6.07, 6.45) is -0.212. The summed E-state index contributed by atoms with van der Waals surface area (Å²) in [7, 11) is 0. The fourth-order valence-electron chi connectivity index (χ4n) is 1.94. The molecule has 1 atom stereocenters. The van der Waals surface area contributed by atoms with E-state index in [0.717, 1.165) is 0 Å². The summed E-state index contributed by atoms with van der Waals surface area (Å²) < 4.78 is 0. The van der Waals surface area contributed by atoms with Gasteiger partial charge in [-0.15, -0.1) is 0 Å². The van der Waals surface area contributed by atoms with Crippen LogP contribution in [0.5, 0.6) is 0 Å². The third kappa shape index (κ3) is 1.67. The third-order valence-electron chi connectivity index (χ3n) is 3.20. The number of hydrogen-bond donors (Lipinski definition) is 3. The first-order valence-electron chi connectivity index (χ1n) is 4.50. The Balaban J connectivity index is 2.83. The van der Waals surface area contributed by atoms with Crippen molar-refractivity contribution in [2.24, 2.45) is 17.3 Å². The Morgan fingerprint density at radius 1 is 1.20 bits per heavy atom. The van der Waals surface area contributed by atoms with Gasteiger partial charge in [-0.2, -0.15) is 0 Å². The van der Waals surface area contributed by atoms with E-state index in [1.807, 2.05) is 0 Å². The molecule has 1 aliphatic rings. The van der Waals surface area contributed by atoms with E-state index in [-0.39, 0.29) is 12.8 Å². The predicted molar refractivity (Wildman–Crippen MR) is 47.2 cm³/mol. The molecule has 1 fully saturated rings. The normalized spacial score (nSPS) is 31.4. The SMILES string of the molecule is C[C@@H](C(=O)O)C1(C(=O)O)CC(C(=O)O)C1. The molecule has 0 unspecified atom stereocenters. The van der Waals surface area contributed by atoms with Crippen LogP contribution >= 0.6 is 0 Å². The lowest BCUT2D eigenvalue weighted by molar-refractivity contribution is -0.178.